The normalized spacial score (nSPS) is 11.4. The maximum absolute atomic E-state index is 12.3. The zero-order valence-electron chi connectivity index (χ0n) is 17.4. The fourth-order valence-electron chi connectivity index (χ4n) is 2.66. The summed E-state index contributed by atoms with van der Waals surface area (Å²) in [6.45, 7) is 7.22. The van der Waals surface area contributed by atoms with E-state index in [4.69, 9.17) is 11.6 Å². The van der Waals surface area contributed by atoms with Gasteiger partial charge in [0.05, 0.1) is 0 Å². The average molecular weight is 529 g/mol. The van der Waals surface area contributed by atoms with Gasteiger partial charge in [-0.2, -0.15) is 0 Å². The molecule has 0 spiro atoms. The van der Waals surface area contributed by atoms with Crippen LogP contribution < -0.4 is 16.0 Å². The topological polar surface area (TPSA) is 65.5 Å². The van der Waals surface area contributed by atoms with E-state index < -0.39 is 0 Å². The molecule has 7 heteroatoms. The maximum atomic E-state index is 12.3. The summed E-state index contributed by atoms with van der Waals surface area (Å²) in [6, 6.07) is 15.4. The third-order valence-corrected chi connectivity index (χ3v) is 4.19. The van der Waals surface area contributed by atoms with Crippen LogP contribution in [0.15, 0.2) is 53.5 Å². The van der Waals surface area contributed by atoms with Crippen molar-refractivity contribution >= 4 is 47.4 Å². The van der Waals surface area contributed by atoms with Crippen molar-refractivity contribution in [2.24, 2.45) is 4.99 Å². The van der Waals surface area contributed by atoms with Crippen LogP contribution in [0.5, 0.6) is 0 Å². The number of hydrogen-bond donors (Lipinski definition) is 3. The van der Waals surface area contributed by atoms with E-state index in [-0.39, 0.29) is 35.4 Å². The molecule has 0 unspecified atom stereocenters. The Balaban J connectivity index is 0.00000420. The summed E-state index contributed by atoms with van der Waals surface area (Å²) in [5.74, 6) is 0.643. The van der Waals surface area contributed by atoms with Crippen LogP contribution in [-0.4, -0.2) is 31.0 Å². The molecule has 2 aromatic carbocycles. The molecule has 0 saturated heterocycles. The van der Waals surface area contributed by atoms with E-state index in [1.165, 1.54) is 5.56 Å². The van der Waals surface area contributed by atoms with E-state index in [1.807, 2.05) is 63.2 Å². The SMILES string of the molecule is CN=C(NCCc1cccc(Cl)c1)NCc1cccc(C(=O)NC(C)(C)C)c1.I. The van der Waals surface area contributed by atoms with Crippen LogP contribution in [0.2, 0.25) is 5.02 Å². The lowest BCUT2D eigenvalue weighted by Gasteiger charge is -2.20. The summed E-state index contributed by atoms with van der Waals surface area (Å²) < 4.78 is 0. The van der Waals surface area contributed by atoms with Gasteiger partial charge in [0.15, 0.2) is 5.96 Å². The molecule has 0 aromatic heterocycles. The van der Waals surface area contributed by atoms with Gasteiger partial charge in [-0.1, -0.05) is 35.9 Å². The minimum Gasteiger partial charge on any atom is -0.356 e. The van der Waals surface area contributed by atoms with Crippen LogP contribution in [0, 0.1) is 0 Å². The van der Waals surface area contributed by atoms with Crippen molar-refractivity contribution in [1.29, 1.82) is 0 Å². The summed E-state index contributed by atoms with van der Waals surface area (Å²) in [5, 5.41) is 10.3. The van der Waals surface area contributed by atoms with Gasteiger partial charge >= 0.3 is 0 Å². The lowest BCUT2D eigenvalue weighted by molar-refractivity contribution is 0.0919. The number of amides is 1. The Bertz CT molecular complexity index is 834. The molecule has 0 fully saturated rings. The summed E-state index contributed by atoms with van der Waals surface area (Å²) in [4.78, 5) is 16.6. The Labute approximate surface area is 195 Å². The zero-order valence-corrected chi connectivity index (χ0v) is 20.5. The van der Waals surface area contributed by atoms with Crippen LogP contribution in [0.25, 0.3) is 0 Å². The fourth-order valence-corrected chi connectivity index (χ4v) is 2.87. The van der Waals surface area contributed by atoms with Gasteiger partial charge in [0.1, 0.15) is 0 Å². The Morgan fingerprint density at radius 2 is 1.72 bits per heavy atom. The van der Waals surface area contributed by atoms with E-state index in [0.717, 1.165) is 23.6 Å². The fraction of sp³-hybridized carbons (Fsp3) is 0.364. The summed E-state index contributed by atoms with van der Waals surface area (Å²) in [7, 11) is 1.74. The average Bonchev–Trinajstić information content (AvgIpc) is 2.63. The predicted octanol–water partition coefficient (Wildman–Crippen LogP) is 4.39. The van der Waals surface area contributed by atoms with Crippen LogP contribution in [0.4, 0.5) is 0 Å². The van der Waals surface area contributed by atoms with Crippen molar-refractivity contribution in [3.63, 3.8) is 0 Å². The molecule has 2 aromatic rings. The third-order valence-electron chi connectivity index (χ3n) is 3.96. The first-order chi connectivity index (χ1) is 13.3. The second-order valence-corrected chi connectivity index (χ2v) is 8.07. The van der Waals surface area contributed by atoms with Crippen molar-refractivity contribution in [3.05, 3.63) is 70.2 Å². The van der Waals surface area contributed by atoms with E-state index in [1.54, 1.807) is 7.05 Å². The first-order valence-corrected chi connectivity index (χ1v) is 9.75. The van der Waals surface area contributed by atoms with Gasteiger partial charge in [-0.15, -0.1) is 24.0 Å². The molecule has 158 valence electrons. The molecule has 0 bridgehead atoms. The lowest BCUT2D eigenvalue weighted by Crippen LogP contribution is -2.40. The monoisotopic (exact) mass is 528 g/mol. The van der Waals surface area contributed by atoms with Crippen molar-refractivity contribution < 1.29 is 4.79 Å². The maximum Gasteiger partial charge on any atom is 0.251 e. The molecule has 0 aliphatic carbocycles. The molecular weight excluding hydrogens is 499 g/mol. The number of carbonyl (C=O) groups excluding carboxylic acids is 1. The Morgan fingerprint density at radius 1 is 1.03 bits per heavy atom. The van der Waals surface area contributed by atoms with Crippen molar-refractivity contribution in [2.45, 2.75) is 39.3 Å². The molecule has 5 nitrogen and oxygen atoms in total. The van der Waals surface area contributed by atoms with E-state index in [9.17, 15) is 4.79 Å². The zero-order chi connectivity index (χ0) is 20.6. The second kappa shape index (κ2) is 12.0. The van der Waals surface area contributed by atoms with Crippen LogP contribution in [0.1, 0.15) is 42.3 Å². The number of guanidine groups is 1. The Hall–Kier alpha value is -1.80. The molecule has 0 radical (unpaired) electrons. The quantitative estimate of drug-likeness (QED) is 0.296. The molecule has 0 atom stereocenters. The van der Waals surface area contributed by atoms with Crippen LogP contribution >= 0.6 is 35.6 Å². The smallest absolute Gasteiger partial charge is 0.251 e. The van der Waals surface area contributed by atoms with Crippen LogP contribution in [0.3, 0.4) is 0 Å². The predicted molar refractivity (Wildman–Crippen MR) is 132 cm³/mol. The summed E-state index contributed by atoms with van der Waals surface area (Å²) >= 11 is 6.02. The van der Waals surface area contributed by atoms with Gasteiger partial charge in [-0.25, -0.2) is 0 Å². The van der Waals surface area contributed by atoms with E-state index in [0.29, 0.717) is 18.1 Å². The van der Waals surface area contributed by atoms with Gasteiger partial charge in [0, 0.05) is 36.3 Å². The highest BCUT2D eigenvalue weighted by atomic mass is 127. The Morgan fingerprint density at radius 3 is 2.38 bits per heavy atom. The molecule has 0 aliphatic heterocycles. The van der Waals surface area contributed by atoms with Crippen molar-refractivity contribution in [1.82, 2.24) is 16.0 Å². The first-order valence-electron chi connectivity index (χ1n) is 9.37. The molecule has 3 N–H and O–H groups in total. The summed E-state index contributed by atoms with van der Waals surface area (Å²) in [5.41, 5.74) is 2.57. The van der Waals surface area contributed by atoms with Gasteiger partial charge in [0.2, 0.25) is 0 Å². The summed E-state index contributed by atoms with van der Waals surface area (Å²) in [6.07, 6.45) is 0.851. The van der Waals surface area contributed by atoms with Gasteiger partial charge in [0.25, 0.3) is 5.91 Å². The van der Waals surface area contributed by atoms with Crippen molar-refractivity contribution in [3.8, 4) is 0 Å². The lowest BCUT2D eigenvalue weighted by atomic mass is 10.1. The first kappa shape index (κ1) is 25.2. The van der Waals surface area contributed by atoms with Gasteiger partial charge in [-0.3, -0.25) is 9.79 Å². The number of halogens is 2. The number of aliphatic imine (C=N–C) groups is 1. The highest BCUT2D eigenvalue weighted by molar-refractivity contribution is 14.0. The number of hydrogen-bond acceptors (Lipinski definition) is 2. The van der Waals surface area contributed by atoms with Gasteiger partial charge in [-0.05, 0) is 62.6 Å². The van der Waals surface area contributed by atoms with E-state index in [2.05, 4.69) is 27.0 Å². The number of nitrogens with zero attached hydrogens (tertiary/aromatic N) is 1. The number of benzene rings is 2. The molecule has 0 heterocycles. The van der Waals surface area contributed by atoms with Crippen molar-refractivity contribution in [2.75, 3.05) is 13.6 Å². The third kappa shape index (κ3) is 9.49. The molecule has 0 saturated carbocycles. The number of nitrogens with one attached hydrogen (secondary N) is 3. The molecule has 29 heavy (non-hydrogen) atoms. The van der Waals surface area contributed by atoms with Crippen LogP contribution in [-0.2, 0) is 13.0 Å². The molecule has 2 rings (SSSR count). The highest BCUT2D eigenvalue weighted by Crippen LogP contribution is 2.11. The Kier molecular flexibility index (Phi) is 10.5. The molecular formula is C22H30ClIN4O. The number of rotatable bonds is 6. The molecule has 0 aliphatic rings. The standard InChI is InChI=1S/C22H29ClN4O.HI/c1-22(2,3)27-20(28)18-9-5-8-17(13-18)15-26-21(24-4)25-12-11-16-7-6-10-19(23)14-16;/h5-10,13-14H,11-12,15H2,1-4H3,(H,27,28)(H2,24,25,26);1H. The van der Waals surface area contributed by atoms with E-state index >= 15 is 0 Å². The minimum absolute atomic E-state index is 0. The largest absolute Gasteiger partial charge is 0.356 e. The van der Waals surface area contributed by atoms with Gasteiger partial charge < -0.3 is 16.0 Å². The highest BCUT2D eigenvalue weighted by Gasteiger charge is 2.15. The molecule has 1 amide bonds. The second-order valence-electron chi connectivity index (χ2n) is 7.64. The number of carbonyl (C=O) groups is 1. The minimum atomic E-state index is -0.264.